The maximum Gasteiger partial charge on any atom is 0.407 e. The number of pyridine rings is 1. The number of carboxylic acid groups (broad SMARTS) is 1. The van der Waals surface area contributed by atoms with E-state index >= 15 is 0 Å². The molecule has 2 aromatic carbocycles. The summed E-state index contributed by atoms with van der Waals surface area (Å²) >= 11 is 3.57. The predicted octanol–water partition coefficient (Wildman–Crippen LogP) is 4.18. The zero-order valence-corrected chi connectivity index (χ0v) is 20.9. The van der Waals surface area contributed by atoms with E-state index in [1.54, 1.807) is 6.07 Å². The standard InChI is InChI=1S/C26H28BrN3O5/c27-21-2-1-3-22-20(21)5-7-25(31)29(22)13-12-28-10-8-19(9-11-28)30(26(32)33)17-18-4-6-23-24(16-18)35-15-14-34-23/h1-7,16,19H,8-15,17H2,(H,32,33). The van der Waals surface area contributed by atoms with Crippen molar-refractivity contribution in [3.05, 3.63) is 68.9 Å². The molecule has 8 nitrogen and oxygen atoms in total. The molecule has 0 bridgehead atoms. The summed E-state index contributed by atoms with van der Waals surface area (Å²) in [6, 6.07) is 14.9. The van der Waals surface area contributed by atoms with E-state index in [1.165, 1.54) is 4.90 Å². The van der Waals surface area contributed by atoms with Crippen molar-refractivity contribution in [2.45, 2.75) is 32.0 Å². The van der Waals surface area contributed by atoms with Gasteiger partial charge < -0.3 is 28.9 Å². The molecule has 9 heteroatoms. The minimum atomic E-state index is -0.911. The van der Waals surface area contributed by atoms with Crippen LogP contribution in [0.3, 0.4) is 0 Å². The topological polar surface area (TPSA) is 84.2 Å². The zero-order chi connectivity index (χ0) is 24.4. The minimum Gasteiger partial charge on any atom is -0.486 e. The summed E-state index contributed by atoms with van der Waals surface area (Å²) < 4.78 is 14.0. The summed E-state index contributed by atoms with van der Waals surface area (Å²) in [6.07, 6.45) is 0.603. The average Bonchev–Trinajstić information content (AvgIpc) is 2.87. The number of piperidine rings is 1. The van der Waals surface area contributed by atoms with E-state index < -0.39 is 6.09 Å². The quantitative estimate of drug-likeness (QED) is 0.504. The number of halogens is 1. The van der Waals surface area contributed by atoms with Crippen LogP contribution < -0.4 is 15.0 Å². The van der Waals surface area contributed by atoms with Crippen LogP contribution in [-0.4, -0.2) is 64.5 Å². The number of nitrogens with zero attached hydrogens (tertiary/aromatic N) is 3. The van der Waals surface area contributed by atoms with Gasteiger partial charge in [0, 0.05) is 54.7 Å². The molecule has 0 radical (unpaired) electrons. The van der Waals surface area contributed by atoms with Crippen LogP contribution in [0.4, 0.5) is 4.79 Å². The Labute approximate surface area is 211 Å². The first-order valence-electron chi connectivity index (χ1n) is 11.9. The monoisotopic (exact) mass is 541 g/mol. The molecule has 3 heterocycles. The number of rotatable bonds is 6. The van der Waals surface area contributed by atoms with Crippen LogP contribution in [0.15, 0.2) is 57.8 Å². The molecule has 0 spiro atoms. The Bertz CT molecular complexity index is 1290. The molecule has 5 rings (SSSR count). The lowest BCUT2D eigenvalue weighted by Gasteiger charge is -2.37. The molecule has 0 aliphatic carbocycles. The minimum absolute atomic E-state index is 0.0121. The number of likely N-dealkylation sites (tertiary alicyclic amines) is 1. The summed E-state index contributed by atoms with van der Waals surface area (Å²) in [5.74, 6) is 1.37. The fourth-order valence-electron chi connectivity index (χ4n) is 4.95. The van der Waals surface area contributed by atoms with Gasteiger partial charge in [-0.1, -0.05) is 28.1 Å². The van der Waals surface area contributed by atoms with Crippen molar-refractivity contribution in [3.8, 4) is 11.5 Å². The molecule has 2 aliphatic rings. The van der Waals surface area contributed by atoms with E-state index in [1.807, 2.05) is 47.0 Å². The Balaban J connectivity index is 1.21. The van der Waals surface area contributed by atoms with Gasteiger partial charge in [-0.15, -0.1) is 0 Å². The summed E-state index contributed by atoms with van der Waals surface area (Å²) in [4.78, 5) is 28.5. The van der Waals surface area contributed by atoms with E-state index in [-0.39, 0.29) is 11.6 Å². The largest absolute Gasteiger partial charge is 0.486 e. The molecule has 1 saturated heterocycles. The van der Waals surface area contributed by atoms with Crippen molar-refractivity contribution in [2.24, 2.45) is 0 Å². The second kappa shape index (κ2) is 10.3. The molecule has 1 fully saturated rings. The molecule has 3 aromatic rings. The van der Waals surface area contributed by atoms with Gasteiger partial charge in [0.2, 0.25) is 0 Å². The Morgan fingerprint density at radius 2 is 1.80 bits per heavy atom. The fourth-order valence-corrected chi connectivity index (χ4v) is 5.44. The Morgan fingerprint density at radius 1 is 1.03 bits per heavy atom. The molecule has 0 saturated carbocycles. The van der Waals surface area contributed by atoms with E-state index in [0.717, 1.165) is 53.4 Å². The number of carbonyl (C=O) groups is 1. The van der Waals surface area contributed by atoms with Gasteiger partial charge in [0.25, 0.3) is 5.56 Å². The van der Waals surface area contributed by atoms with Crippen molar-refractivity contribution >= 4 is 32.9 Å². The molecule has 1 N–H and O–H groups in total. The highest BCUT2D eigenvalue weighted by Gasteiger charge is 2.28. The number of benzene rings is 2. The second-order valence-corrected chi connectivity index (χ2v) is 9.81. The van der Waals surface area contributed by atoms with E-state index in [0.29, 0.717) is 37.8 Å². The summed E-state index contributed by atoms with van der Waals surface area (Å²) in [7, 11) is 0. The zero-order valence-electron chi connectivity index (χ0n) is 19.4. The number of fused-ring (bicyclic) bond motifs is 2. The summed E-state index contributed by atoms with van der Waals surface area (Å²) in [5.41, 5.74) is 1.79. The first-order valence-corrected chi connectivity index (χ1v) is 12.7. The Kier molecular flexibility index (Phi) is 6.97. The third-order valence-corrected chi connectivity index (χ3v) is 7.51. The summed E-state index contributed by atoms with van der Waals surface area (Å²) in [6.45, 7) is 4.26. The smallest absolute Gasteiger partial charge is 0.407 e. The maximum absolute atomic E-state index is 12.5. The molecule has 2 aliphatic heterocycles. The van der Waals surface area contributed by atoms with Gasteiger partial charge in [0.05, 0.1) is 5.52 Å². The van der Waals surface area contributed by atoms with Gasteiger partial charge in [-0.2, -0.15) is 0 Å². The highest BCUT2D eigenvalue weighted by Crippen LogP contribution is 2.32. The number of ether oxygens (including phenoxy) is 2. The van der Waals surface area contributed by atoms with Crippen molar-refractivity contribution < 1.29 is 19.4 Å². The Hall–Kier alpha value is -3.04. The Morgan fingerprint density at radius 3 is 2.57 bits per heavy atom. The number of aromatic nitrogens is 1. The van der Waals surface area contributed by atoms with Crippen LogP contribution in [0, 0.1) is 0 Å². The normalized spacial score (nSPS) is 16.4. The molecular weight excluding hydrogens is 514 g/mol. The maximum atomic E-state index is 12.5. The molecule has 1 aromatic heterocycles. The molecule has 0 unspecified atom stereocenters. The number of hydrogen-bond donors (Lipinski definition) is 1. The highest BCUT2D eigenvalue weighted by molar-refractivity contribution is 9.10. The fraction of sp³-hybridized carbons (Fsp3) is 0.385. The number of amides is 1. The van der Waals surface area contributed by atoms with Crippen LogP contribution in [-0.2, 0) is 13.1 Å². The first kappa shape index (κ1) is 23.7. The average molecular weight is 542 g/mol. The van der Waals surface area contributed by atoms with Gasteiger partial charge in [0.15, 0.2) is 11.5 Å². The van der Waals surface area contributed by atoms with Crippen LogP contribution in [0.1, 0.15) is 18.4 Å². The molecule has 35 heavy (non-hydrogen) atoms. The van der Waals surface area contributed by atoms with Crippen LogP contribution in [0.5, 0.6) is 11.5 Å². The lowest BCUT2D eigenvalue weighted by molar-refractivity contribution is 0.0856. The third kappa shape index (κ3) is 5.16. The van der Waals surface area contributed by atoms with Crippen LogP contribution in [0.2, 0.25) is 0 Å². The lowest BCUT2D eigenvalue weighted by atomic mass is 10.0. The first-order chi connectivity index (χ1) is 17.0. The van der Waals surface area contributed by atoms with Gasteiger partial charge in [0.1, 0.15) is 13.2 Å². The number of hydrogen-bond acceptors (Lipinski definition) is 5. The predicted molar refractivity (Wildman–Crippen MR) is 136 cm³/mol. The molecule has 184 valence electrons. The third-order valence-electron chi connectivity index (χ3n) is 6.82. The SMILES string of the molecule is O=C(O)N(Cc1ccc2c(c1)OCCO2)C1CCN(CCn2c(=O)ccc3c(Br)cccc32)CC1. The van der Waals surface area contributed by atoms with Crippen LogP contribution in [0.25, 0.3) is 10.9 Å². The van der Waals surface area contributed by atoms with Crippen molar-refractivity contribution in [1.29, 1.82) is 0 Å². The molecule has 1 amide bonds. The van der Waals surface area contributed by atoms with E-state index in [2.05, 4.69) is 20.8 Å². The van der Waals surface area contributed by atoms with Gasteiger partial charge >= 0.3 is 6.09 Å². The highest BCUT2D eigenvalue weighted by atomic mass is 79.9. The van der Waals surface area contributed by atoms with Gasteiger partial charge in [-0.3, -0.25) is 4.79 Å². The molecule has 0 atom stereocenters. The van der Waals surface area contributed by atoms with Gasteiger partial charge in [-0.05, 0) is 48.7 Å². The lowest BCUT2D eigenvalue weighted by Crippen LogP contribution is -2.47. The second-order valence-electron chi connectivity index (χ2n) is 8.96. The van der Waals surface area contributed by atoms with Crippen molar-refractivity contribution in [2.75, 3.05) is 32.8 Å². The van der Waals surface area contributed by atoms with Crippen LogP contribution >= 0.6 is 15.9 Å². The van der Waals surface area contributed by atoms with Crippen molar-refractivity contribution in [3.63, 3.8) is 0 Å². The molecular formula is C26H28BrN3O5. The van der Waals surface area contributed by atoms with E-state index in [9.17, 15) is 14.7 Å². The summed E-state index contributed by atoms with van der Waals surface area (Å²) in [5, 5.41) is 10.9. The van der Waals surface area contributed by atoms with Crippen molar-refractivity contribution in [1.82, 2.24) is 14.4 Å². The van der Waals surface area contributed by atoms with E-state index in [4.69, 9.17) is 9.47 Å². The van der Waals surface area contributed by atoms with Gasteiger partial charge in [-0.25, -0.2) is 4.79 Å².